The van der Waals surface area contributed by atoms with Gasteiger partial charge in [-0.2, -0.15) is 0 Å². The molecule has 144 valence electrons. The summed E-state index contributed by atoms with van der Waals surface area (Å²) in [6.07, 6.45) is 1.59. The van der Waals surface area contributed by atoms with Crippen molar-refractivity contribution in [2.75, 3.05) is 12.4 Å². The lowest BCUT2D eigenvalue weighted by molar-refractivity contribution is 0.102. The van der Waals surface area contributed by atoms with Crippen molar-refractivity contribution < 1.29 is 18.3 Å². The molecule has 0 bridgehead atoms. The molecule has 0 spiro atoms. The summed E-state index contributed by atoms with van der Waals surface area (Å²) in [7, 11) is 1.59. The number of carbonyl (C=O) groups is 1. The Morgan fingerprint density at radius 1 is 1.03 bits per heavy atom. The maximum absolute atomic E-state index is 13.9. The van der Waals surface area contributed by atoms with Crippen LogP contribution in [0, 0.1) is 5.82 Å². The van der Waals surface area contributed by atoms with Gasteiger partial charge in [-0.05, 0) is 36.4 Å². The van der Waals surface area contributed by atoms with Crippen LogP contribution < -0.4 is 10.1 Å². The van der Waals surface area contributed by atoms with Crippen molar-refractivity contribution >= 4 is 11.6 Å². The quantitative estimate of drug-likeness (QED) is 0.497. The smallest absolute Gasteiger partial charge is 0.256 e. The van der Waals surface area contributed by atoms with Crippen molar-refractivity contribution in [1.82, 2.24) is 4.98 Å². The minimum absolute atomic E-state index is 0.108. The van der Waals surface area contributed by atoms with Crippen LogP contribution in [0.15, 0.2) is 83.4 Å². The zero-order valence-corrected chi connectivity index (χ0v) is 15.6. The Morgan fingerprint density at radius 2 is 1.83 bits per heavy atom. The summed E-state index contributed by atoms with van der Waals surface area (Å²) in [5.41, 5.74) is 1.75. The van der Waals surface area contributed by atoms with Gasteiger partial charge >= 0.3 is 0 Å². The molecular formula is C23H17FN2O3. The van der Waals surface area contributed by atoms with Gasteiger partial charge in [0.05, 0.1) is 24.6 Å². The number of anilines is 1. The molecule has 0 radical (unpaired) electrons. The van der Waals surface area contributed by atoms with Crippen LogP contribution in [0.4, 0.5) is 10.1 Å². The van der Waals surface area contributed by atoms with Crippen LogP contribution in [0.1, 0.15) is 10.4 Å². The molecule has 29 heavy (non-hydrogen) atoms. The van der Waals surface area contributed by atoms with Gasteiger partial charge in [-0.25, -0.2) is 9.37 Å². The van der Waals surface area contributed by atoms with Crippen molar-refractivity contribution in [3.63, 3.8) is 0 Å². The van der Waals surface area contributed by atoms with Crippen LogP contribution >= 0.6 is 0 Å². The third-order valence-corrected chi connectivity index (χ3v) is 4.38. The van der Waals surface area contributed by atoms with E-state index in [0.717, 1.165) is 5.56 Å². The largest absolute Gasteiger partial charge is 0.497 e. The van der Waals surface area contributed by atoms with Crippen molar-refractivity contribution in [1.29, 1.82) is 0 Å². The first-order valence-corrected chi connectivity index (χ1v) is 8.91. The van der Waals surface area contributed by atoms with Gasteiger partial charge in [-0.15, -0.1) is 0 Å². The number of halogens is 1. The SMILES string of the molecule is COc1cccc(-c2cnc(-c3ccccc3C(=O)Nc3ccccc3F)o2)c1. The molecule has 1 N–H and O–H groups in total. The highest BCUT2D eigenvalue weighted by molar-refractivity contribution is 6.08. The second-order valence-electron chi connectivity index (χ2n) is 6.24. The number of hydrogen-bond acceptors (Lipinski definition) is 4. The van der Waals surface area contributed by atoms with E-state index in [4.69, 9.17) is 9.15 Å². The fourth-order valence-electron chi connectivity index (χ4n) is 2.93. The van der Waals surface area contributed by atoms with E-state index in [9.17, 15) is 9.18 Å². The van der Waals surface area contributed by atoms with E-state index < -0.39 is 11.7 Å². The third kappa shape index (κ3) is 3.87. The first-order chi connectivity index (χ1) is 14.2. The number of aromatic nitrogens is 1. The lowest BCUT2D eigenvalue weighted by atomic mass is 10.1. The molecule has 4 aromatic rings. The summed E-state index contributed by atoms with van der Waals surface area (Å²) in [4.78, 5) is 17.1. The van der Waals surface area contributed by atoms with E-state index in [-0.39, 0.29) is 5.69 Å². The highest BCUT2D eigenvalue weighted by atomic mass is 19.1. The minimum Gasteiger partial charge on any atom is -0.497 e. The summed E-state index contributed by atoms with van der Waals surface area (Å²) in [5.74, 6) is 0.581. The molecule has 0 atom stereocenters. The number of ether oxygens (including phenoxy) is 1. The Bertz CT molecular complexity index is 1170. The molecule has 0 saturated heterocycles. The highest BCUT2D eigenvalue weighted by Gasteiger charge is 2.18. The molecule has 3 aromatic carbocycles. The van der Waals surface area contributed by atoms with E-state index in [2.05, 4.69) is 10.3 Å². The first-order valence-electron chi connectivity index (χ1n) is 8.91. The summed E-state index contributed by atoms with van der Waals surface area (Å²) >= 11 is 0. The normalized spacial score (nSPS) is 10.6. The van der Waals surface area contributed by atoms with Gasteiger partial charge in [-0.1, -0.05) is 36.4 Å². The molecule has 0 saturated carbocycles. The number of nitrogens with zero attached hydrogens (tertiary/aromatic N) is 1. The number of hydrogen-bond donors (Lipinski definition) is 1. The Labute approximate surface area is 166 Å². The zero-order chi connectivity index (χ0) is 20.2. The summed E-state index contributed by atoms with van der Waals surface area (Å²) < 4.78 is 25.0. The van der Waals surface area contributed by atoms with E-state index in [0.29, 0.717) is 28.5 Å². The lowest BCUT2D eigenvalue weighted by Gasteiger charge is -2.09. The summed E-state index contributed by atoms with van der Waals surface area (Å²) in [5, 5.41) is 2.59. The van der Waals surface area contributed by atoms with Gasteiger partial charge in [0.25, 0.3) is 5.91 Å². The Morgan fingerprint density at radius 3 is 2.66 bits per heavy atom. The molecule has 1 aromatic heterocycles. The Balaban J connectivity index is 1.66. The van der Waals surface area contributed by atoms with Crippen LogP contribution in [0.2, 0.25) is 0 Å². The number of para-hydroxylation sites is 1. The fourth-order valence-corrected chi connectivity index (χ4v) is 2.93. The standard InChI is InChI=1S/C23H17FN2O3/c1-28-16-8-6-7-15(13-16)21-14-25-23(29-21)18-10-3-2-9-17(18)22(27)26-20-12-5-4-11-19(20)24/h2-14H,1H3,(H,26,27). The number of benzene rings is 3. The number of nitrogens with one attached hydrogen (secondary N) is 1. The van der Waals surface area contributed by atoms with E-state index in [1.807, 2.05) is 24.3 Å². The van der Waals surface area contributed by atoms with Gasteiger partial charge in [0.2, 0.25) is 5.89 Å². The first kappa shape index (κ1) is 18.4. The average molecular weight is 388 g/mol. The van der Waals surface area contributed by atoms with E-state index >= 15 is 0 Å². The Kier molecular flexibility index (Phi) is 5.07. The molecule has 0 fully saturated rings. The van der Waals surface area contributed by atoms with E-state index in [1.165, 1.54) is 12.1 Å². The summed E-state index contributed by atoms with van der Waals surface area (Å²) in [6, 6.07) is 20.3. The minimum atomic E-state index is -0.505. The molecule has 0 unspecified atom stereocenters. The topological polar surface area (TPSA) is 64.4 Å². The van der Waals surface area contributed by atoms with Crippen molar-refractivity contribution in [2.24, 2.45) is 0 Å². The molecule has 0 aliphatic carbocycles. The predicted molar refractivity (Wildman–Crippen MR) is 108 cm³/mol. The molecule has 0 aliphatic rings. The van der Waals surface area contributed by atoms with Crippen molar-refractivity contribution in [3.8, 4) is 28.5 Å². The zero-order valence-electron chi connectivity index (χ0n) is 15.6. The second-order valence-corrected chi connectivity index (χ2v) is 6.24. The number of rotatable bonds is 5. The third-order valence-electron chi connectivity index (χ3n) is 4.38. The maximum atomic E-state index is 13.9. The molecular weight excluding hydrogens is 371 g/mol. The highest BCUT2D eigenvalue weighted by Crippen LogP contribution is 2.30. The van der Waals surface area contributed by atoms with Gasteiger partial charge < -0.3 is 14.5 Å². The molecule has 0 aliphatic heterocycles. The second kappa shape index (κ2) is 7.98. The molecule has 5 nitrogen and oxygen atoms in total. The van der Waals surface area contributed by atoms with Crippen LogP contribution in [0.5, 0.6) is 5.75 Å². The van der Waals surface area contributed by atoms with Crippen LogP contribution in [-0.4, -0.2) is 18.0 Å². The monoisotopic (exact) mass is 388 g/mol. The number of oxazole rings is 1. The van der Waals surface area contributed by atoms with Crippen LogP contribution in [0.25, 0.3) is 22.8 Å². The lowest BCUT2D eigenvalue weighted by Crippen LogP contribution is -2.14. The molecule has 1 heterocycles. The van der Waals surface area contributed by atoms with Gasteiger partial charge in [0.1, 0.15) is 11.6 Å². The van der Waals surface area contributed by atoms with Crippen molar-refractivity contribution in [2.45, 2.75) is 0 Å². The van der Waals surface area contributed by atoms with Crippen molar-refractivity contribution in [3.05, 3.63) is 90.4 Å². The molecule has 4 rings (SSSR count). The van der Waals surface area contributed by atoms with Gasteiger partial charge in [0, 0.05) is 11.1 Å². The predicted octanol–water partition coefficient (Wildman–Crippen LogP) is 5.41. The molecule has 1 amide bonds. The van der Waals surface area contributed by atoms with Gasteiger partial charge in [-0.3, -0.25) is 4.79 Å². The molecule has 6 heteroatoms. The van der Waals surface area contributed by atoms with Crippen LogP contribution in [0.3, 0.4) is 0 Å². The van der Waals surface area contributed by atoms with Gasteiger partial charge in [0.15, 0.2) is 5.76 Å². The van der Waals surface area contributed by atoms with Crippen LogP contribution in [-0.2, 0) is 0 Å². The summed E-state index contributed by atoms with van der Waals surface area (Å²) in [6.45, 7) is 0. The number of carbonyl (C=O) groups excluding carboxylic acids is 1. The number of methoxy groups -OCH3 is 1. The fraction of sp³-hybridized carbons (Fsp3) is 0.0435. The number of amides is 1. The maximum Gasteiger partial charge on any atom is 0.256 e. The van der Waals surface area contributed by atoms with E-state index in [1.54, 1.807) is 49.7 Å². The average Bonchev–Trinajstić information content (AvgIpc) is 3.25. The Hall–Kier alpha value is -3.93.